The van der Waals surface area contributed by atoms with Crippen molar-refractivity contribution in [3.8, 4) is 17.2 Å². The molecule has 9 heteroatoms. The Hall–Kier alpha value is -2.81. The molecule has 0 bridgehead atoms. The highest BCUT2D eigenvalue weighted by Crippen LogP contribution is 2.40. The fraction of sp³-hybridized carbons (Fsp3) is 0.333. The van der Waals surface area contributed by atoms with Crippen molar-refractivity contribution in [3.63, 3.8) is 0 Å². The number of nitrogens with one attached hydrogen (secondary N) is 1. The highest BCUT2D eigenvalue weighted by Gasteiger charge is 2.24. The topological polar surface area (TPSA) is 103 Å². The molecule has 2 amide bonds. The number of carbonyl (C=O) groups is 3. The summed E-state index contributed by atoms with van der Waals surface area (Å²) >= 11 is 1.07. The Kier molecular flexibility index (Phi) is 7.00. The van der Waals surface area contributed by atoms with Crippen LogP contribution in [-0.2, 0) is 14.4 Å². The van der Waals surface area contributed by atoms with Crippen molar-refractivity contribution >= 4 is 40.8 Å². The van der Waals surface area contributed by atoms with Gasteiger partial charge in [0.05, 0.1) is 19.1 Å². The largest absolute Gasteiger partial charge is 0.493 e. The SMILES string of the molecule is CCC(=O)NC1=NC(=O)/C(=C\c2cc(OC)c(OC(=O)CC)c(OC)c2)S1. The lowest BCUT2D eigenvalue weighted by Gasteiger charge is -2.14. The van der Waals surface area contributed by atoms with E-state index in [1.807, 2.05) is 0 Å². The highest BCUT2D eigenvalue weighted by molar-refractivity contribution is 8.18. The second-order valence-corrected chi connectivity index (χ2v) is 6.35. The van der Waals surface area contributed by atoms with Gasteiger partial charge in [0, 0.05) is 12.8 Å². The van der Waals surface area contributed by atoms with E-state index in [1.165, 1.54) is 14.2 Å². The number of nitrogens with zero attached hydrogens (tertiary/aromatic N) is 1. The highest BCUT2D eigenvalue weighted by atomic mass is 32.2. The molecule has 0 spiro atoms. The number of esters is 1. The first-order chi connectivity index (χ1) is 12.9. The van der Waals surface area contributed by atoms with Crippen LogP contribution in [0.4, 0.5) is 0 Å². The normalized spacial score (nSPS) is 14.7. The van der Waals surface area contributed by atoms with Crippen LogP contribution in [0.3, 0.4) is 0 Å². The number of thioether (sulfide) groups is 1. The summed E-state index contributed by atoms with van der Waals surface area (Å²) in [7, 11) is 2.87. The Morgan fingerprint density at radius 3 is 2.30 bits per heavy atom. The number of amides is 2. The third kappa shape index (κ3) is 5.10. The summed E-state index contributed by atoms with van der Waals surface area (Å²) in [4.78, 5) is 39.3. The molecule has 0 atom stereocenters. The molecule has 1 N–H and O–H groups in total. The van der Waals surface area contributed by atoms with E-state index in [9.17, 15) is 14.4 Å². The Morgan fingerprint density at radius 1 is 1.15 bits per heavy atom. The lowest BCUT2D eigenvalue weighted by Crippen LogP contribution is -2.26. The van der Waals surface area contributed by atoms with Gasteiger partial charge in [-0.15, -0.1) is 0 Å². The van der Waals surface area contributed by atoms with Crippen molar-refractivity contribution in [2.45, 2.75) is 26.7 Å². The molecule has 1 aromatic rings. The number of rotatable bonds is 6. The van der Waals surface area contributed by atoms with Crippen LogP contribution in [-0.4, -0.2) is 37.2 Å². The molecule has 0 fully saturated rings. The summed E-state index contributed by atoms with van der Waals surface area (Å²) in [5, 5.41) is 2.80. The van der Waals surface area contributed by atoms with Gasteiger partial charge in [0.1, 0.15) is 0 Å². The molecule has 1 aliphatic rings. The zero-order valence-corrected chi connectivity index (χ0v) is 16.3. The number of hydrogen-bond donors (Lipinski definition) is 1. The number of methoxy groups -OCH3 is 2. The van der Waals surface area contributed by atoms with Gasteiger partial charge in [-0.1, -0.05) is 13.8 Å². The van der Waals surface area contributed by atoms with E-state index in [0.29, 0.717) is 28.4 Å². The van der Waals surface area contributed by atoms with Gasteiger partial charge in [-0.25, -0.2) is 0 Å². The van der Waals surface area contributed by atoms with Crippen LogP contribution >= 0.6 is 11.8 Å². The second-order valence-electron chi connectivity index (χ2n) is 5.32. The number of ether oxygens (including phenoxy) is 3. The smallest absolute Gasteiger partial charge is 0.311 e. The maximum absolute atomic E-state index is 12.1. The maximum Gasteiger partial charge on any atom is 0.311 e. The molecule has 0 saturated carbocycles. The quantitative estimate of drug-likeness (QED) is 0.451. The molecule has 0 aromatic heterocycles. The molecule has 0 aliphatic carbocycles. The van der Waals surface area contributed by atoms with E-state index in [1.54, 1.807) is 32.1 Å². The minimum Gasteiger partial charge on any atom is -0.493 e. The van der Waals surface area contributed by atoms with Crippen LogP contribution in [0.2, 0.25) is 0 Å². The first-order valence-electron chi connectivity index (χ1n) is 8.20. The summed E-state index contributed by atoms with van der Waals surface area (Å²) in [5.41, 5.74) is 0.592. The zero-order chi connectivity index (χ0) is 20.0. The summed E-state index contributed by atoms with van der Waals surface area (Å²) in [6, 6.07) is 3.23. The first kappa shape index (κ1) is 20.5. The van der Waals surface area contributed by atoms with E-state index in [4.69, 9.17) is 14.2 Å². The average Bonchev–Trinajstić information content (AvgIpc) is 3.00. The molecule has 27 heavy (non-hydrogen) atoms. The van der Waals surface area contributed by atoms with Gasteiger partial charge in [0.2, 0.25) is 11.7 Å². The number of carbonyl (C=O) groups excluding carboxylic acids is 3. The van der Waals surface area contributed by atoms with Crippen molar-refractivity contribution in [3.05, 3.63) is 22.6 Å². The third-order valence-corrected chi connectivity index (χ3v) is 4.37. The van der Waals surface area contributed by atoms with Gasteiger partial charge in [-0.3, -0.25) is 14.4 Å². The van der Waals surface area contributed by atoms with Crippen LogP contribution in [0.1, 0.15) is 32.3 Å². The van der Waals surface area contributed by atoms with E-state index >= 15 is 0 Å². The van der Waals surface area contributed by atoms with Gasteiger partial charge in [0.25, 0.3) is 5.91 Å². The molecule has 0 radical (unpaired) electrons. The summed E-state index contributed by atoms with van der Waals surface area (Å²) in [6.45, 7) is 3.39. The third-order valence-electron chi connectivity index (χ3n) is 3.47. The maximum atomic E-state index is 12.1. The first-order valence-corrected chi connectivity index (χ1v) is 9.02. The Morgan fingerprint density at radius 2 is 1.78 bits per heavy atom. The standard InChI is InChI=1S/C18H20N2O6S/c1-5-14(21)19-18-20-17(23)13(27-18)9-10-7-11(24-3)16(12(8-10)25-4)26-15(22)6-2/h7-9H,5-6H2,1-4H3,(H,19,20,21,23)/b13-9+. The fourth-order valence-electron chi connectivity index (χ4n) is 2.09. The molecular weight excluding hydrogens is 372 g/mol. The number of hydrogen-bond acceptors (Lipinski definition) is 7. The molecule has 1 aliphatic heterocycles. The van der Waals surface area contributed by atoms with Crippen molar-refractivity contribution in [2.24, 2.45) is 4.99 Å². The fourth-order valence-corrected chi connectivity index (χ4v) is 2.92. The summed E-state index contributed by atoms with van der Waals surface area (Å²) < 4.78 is 15.9. The van der Waals surface area contributed by atoms with E-state index in [2.05, 4.69) is 10.3 Å². The van der Waals surface area contributed by atoms with Gasteiger partial charge >= 0.3 is 5.97 Å². The minimum atomic E-state index is -0.453. The average molecular weight is 392 g/mol. The molecule has 2 rings (SSSR count). The van der Waals surface area contributed by atoms with Crippen LogP contribution in [0.5, 0.6) is 17.2 Å². The van der Waals surface area contributed by atoms with Crippen molar-refractivity contribution in [1.29, 1.82) is 0 Å². The van der Waals surface area contributed by atoms with Crippen LogP contribution in [0.25, 0.3) is 6.08 Å². The Balaban J connectivity index is 2.32. The number of aliphatic imine (C=N–C) groups is 1. The second kappa shape index (κ2) is 9.22. The Labute approximate surface area is 161 Å². The van der Waals surface area contributed by atoms with Gasteiger partial charge in [-0.05, 0) is 35.5 Å². The van der Waals surface area contributed by atoms with Crippen molar-refractivity contribution < 1.29 is 28.6 Å². The molecule has 144 valence electrons. The van der Waals surface area contributed by atoms with Gasteiger partial charge in [-0.2, -0.15) is 4.99 Å². The molecule has 1 aromatic carbocycles. The molecular formula is C18H20N2O6S. The van der Waals surface area contributed by atoms with E-state index in [-0.39, 0.29) is 23.2 Å². The van der Waals surface area contributed by atoms with Crippen molar-refractivity contribution in [2.75, 3.05) is 14.2 Å². The summed E-state index contributed by atoms with van der Waals surface area (Å²) in [6.07, 6.45) is 2.09. The predicted molar refractivity (Wildman–Crippen MR) is 102 cm³/mol. The Bertz CT molecular complexity index is 806. The molecule has 8 nitrogen and oxygen atoms in total. The van der Waals surface area contributed by atoms with Gasteiger partial charge in [0.15, 0.2) is 16.7 Å². The van der Waals surface area contributed by atoms with Crippen molar-refractivity contribution in [1.82, 2.24) is 5.32 Å². The monoisotopic (exact) mass is 392 g/mol. The number of benzene rings is 1. The zero-order valence-electron chi connectivity index (χ0n) is 15.5. The van der Waals surface area contributed by atoms with Gasteiger partial charge < -0.3 is 19.5 Å². The predicted octanol–water partition coefficient (Wildman–Crippen LogP) is 2.52. The summed E-state index contributed by atoms with van der Waals surface area (Å²) in [5.74, 6) is -0.347. The van der Waals surface area contributed by atoms with Crippen LogP contribution in [0, 0.1) is 0 Å². The molecule has 0 unspecified atom stereocenters. The van der Waals surface area contributed by atoms with E-state index in [0.717, 1.165) is 11.8 Å². The lowest BCUT2D eigenvalue weighted by atomic mass is 10.1. The number of amidine groups is 1. The minimum absolute atomic E-state index is 0.173. The van der Waals surface area contributed by atoms with Crippen LogP contribution < -0.4 is 19.5 Å². The molecule has 1 heterocycles. The lowest BCUT2D eigenvalue weighted by molar-refractivity contribution is -0.134. The van der Waals surface area contributed by atoms with Crippen LogP contribution in [0.15, 0.2) is 22.0 Å². The van der Waals surface area contributed by atoms with E-state index < -0.39 is 11.9 Å². The molecule has 0 saturated heterocycles.